The zero-order valence-electron chi connectivity index (χ0n) is 14.9. The third-order valence-corrected chi connectivity index (χ3v) is 6.47. The van der Waals surface area contributed by atoms with Crippen molar-refractivity contribution in [3.63, 3.8) is 0 Å². The molecule has 0 aliphatic carbocycles. The monoisotopic (exact) mass is 403 g/mol. The molecule has 0 spiro atoms. The fraction of sp³-hybridized carbons (Fsp3) is 0.368. The van der Waals surface area contributed by atoms with Gasteiger partial charge in [0.2, 0.25) is 5.91 Å². The largest absolute Gasteiger partial charge is 0.456 e. The van der Waals surface area contributed by atoms with Gasteiger partial charge in [0.05, 0.1) is 6.07 Å². The molecule has 2 aliphatic rings. The van der Waals surface area contributed by atoms with E-state index in [1.54, 1.807) is 18.2 Å². The van der Waals surface area contributed by atoms with E-state index in [2.05, 4.69) is 6.58 Å². The molecule has 0 aromatic heterocycles. The molecule has 0 bridgehead atoms. The van der Waals surface area contributed by atoms with E-state index >= 15 is 0 Å². The molecule has 0 saturated carbocycles. The number of amides is 1. The van der Waals surface area contributed by atoms with E-state index in [1.165, 1.54) is 28.8 Å². The molecule has 28 heavy (non-hydrogen) atoms. The molecule has 0 unspecified atom stereocenters. The number of ether oxygens (including phenoxy) is 1. The maximum absolute atomic E-state index is 13.3. The van der Waals surface area contributed by atoms with Crippen LogP contribution in [0.5, 0.6) is 0 Å². The van der Waals surface area contributed by atoms with Gasteiger partial charge >= 0.3 is 5.97 Å². The summed E-state index contributed by atoms with van der Waals surface area (Å²) in [5.74, 6) is -2.94. The molecule has 9 heteroatoms. The van der Waals surface area contributed by atoms with Crippen molar-refractivity contribution in [3.05, 3.63) is 47.9 Å². The second-order valence-corrected chi connectivity index (χ2v) is 7.89. The first-order valence-electron chi connectivity index (χ1n) is 8.55. The summed E-state index contributed by atoms with van der Waals surface area (Å²) in [5.41, 5.74) is 6.01. The minimum atomic E-state index is -1.25. The number of thioether (sulfide) groups is 1. The van der Waals surface area contributed by atoms with Crippen LogP contribution >= 0.6 is 11.8 Å². The van der Waals surface area contributed by atoms with Gasteiger partial charge in [0.1, 0.15) is 22.6 Å². The zero-order valence-corrected chi connectivity index (χ0v) is 15.7. The maximum atomic E-state index is 13.3. The molecule has 1 aromatic rings. The lowest BCUT2D eigenvalue weighted by molar-refractivity contribution is -0.156. The third kappa shape index (κ3) is 3.36. The van der Waals surface area contributed by atoms with Crippen LogP contribution in [0.1, 0.15) is 18.4 Å². The van der Waals surface area contributed by atoms with E-state index in [9.17, 15) is 18.8 Å². The Morgan fingerprint density at radius 3 is 2.75 bits per heavy atom. The van der Waals surface area contributed by atoms with Crippen LogP contribution in [-0.4, -0.2) is 41.0 Å². The average molecular weight is 403 g/mol. The minimum Gasteiger partial charge on any atom is -0.456 e. The number of ketones is 1. The molecule has 2 fully saturated rings. The average Bonchev–Trinajstić information content (AvgIpc) is 3.20. The van der Waals surface area contributed by atoms with Gasteiger partial charge in [-0.25, -0.2) is 9.18 Å². The highest BCUT2D eigenvalue weighted by molar-refractivity contribution is 8.00. The standard InChI is InChI=1S/C19H18FN3O4S/c1-11(22)14(8-21)16(24)9-27-18(26)15-10-28-19(7-6-17(25)23(15)19)12-2-4-13(20)5-3-12/h2-5,14-15H,1,6-7,9-10,22H2/t14-,15+,19-/m0/s1. The molecule has 1 aromatic carbocycles. The predicted octanol–water partition coefficient (Wildman–Crippen LogP) is 1.44. The van der Waals surface area contributed by atoms with Crippen molar-refractivity contribution < 1.29 is 23.5 Å². The Balaban J connectivity index is 1.75. The van der Waals surface area contributed by atoms with E-state index < -0.39 is 35.2 Å². The van der Waals surface area contributed by atoms with Gasteiger partial charge in [-0.15, -0.1) is 11.8 Å². The molecule has 7 nitrogen and oxygen atoms in total. The molecule has 3 atom stereocenters. The van der Waals surface area contributed by atoms with Crippen LogP contribution in [0.25, 0.3) is 0 Å². The number of benzene rings is 1. The highest BCUT2D eigenvalue weighted by atomic mass is 32.2. The fourth-order valence-corrected chi connectivity index (χ4v) is 5.15. The van der Waals surface area contributed by atoms with Crippen molar-refractivity contribution in [2.45, 2.75) is 23.8 Å². The fourth-order valence-electron chi connectivity index (χ4n) is 3.51. The SMILES string of the molecule is C=C(N)[C@H](C#N)C(=O)COC(=O)[C@H]1CS[C@]2(c3ccc(F)cc3)CCC(=O)N12. The van der Waals surface area contributed by atoms with E-state index in [0.717, 1.165) is 5.56 Å². The lowest BCUT2D eigenvalue weighted by Crippen LogP contribution is -2.47. The summed E-state index contributed by atoms with van der Waals surface area (Å²) in [4.78, 5) is 37.8. The summed E-state index contributed by atoms with van der Waals surface area (Å²) in [5, 5.41) is 8.95. The van der Waals surface area contributed by atoms with Crippen LogP contribution in [0, 0.1) is 23.1 Å². The molecule has 146 valence electrons. The number of Topliss-reactive ketones (excluding diaryl/α,β-unsaturated/α-hetero) is 1. The van der Waals surface area contributed by atoms with Crippen molar-refractivity contribution in [1.82, 2.24) is 4.90 Å². The lowest BCUT2D eigenvalue weighted by Gasteiger charge is -2.33. The number of nitrogens with two attached hydrogens (primary N) is 1. The maximum Gasteiger partial charge on any atom is 0.330 e. The van der Waals surface area contributed by atoms with Crippen LogP contribution in [0.2, 0.25) is 0 Å². The normalized spacial score (nSPS) is 24.4. The Morgan fingerprint density at radius 1 is 1.46 bits per heavy atom. The predicted molar refractivity (Wildman–Crippen MR) is 98.8 cm³/mol. The van der Waals surface area contributed by atoms with Gasteiger partial charge < -0.3 is 15.4 Å². The lowest BCUT2D eigenvalue weighted by atomic mass is 10.0. The van der Waals surface area contributed by atoms with Crippen molar-refractivity contribution >= 4 is 29.4 Å². The van der Waals surface area contributed by atoms with Crippen LogP contribution in [0.15, 0.2) is 36.5 Å². The smallest absolute Gasteiger partial charge is 0.330 e. The number of halogens is 1. The van der Waals surface area contributed by atoms with Gasteiger partial charge in [-0.1, -0.05) is 18.7 Å². The second kappa shape index (κ2) is 7.64. The molecule has 1 amide bonds. The molecular weight excluding hydrogens is 385 g/mol. The van der Waals surface area contributed by atoms with Crippen LogP contribution in [0.3, 0.4) is 0 Å². The Hall–Kier alpha value is -2.86. The Labute approximate surface area is 165 Å². The molecule has 2 aliphatic heterocycles. The van der Waals surface area contributed by atoms with Gasteiger partial charge in [0.25, 0.3) is 0 Å². The van der Waals surface area contributed by atoms with E-state index in [4.69, 9.17) is 15.7 Å². The van der Waals surface area contributed by atoms with Crippen molar-refractivity contribution in [2.75, 3.05) is 12.4 Å². The van der Waals surface area contributed by atoms with Crippen molar-refractivity contribution in [3.8, 4) is 6.07 Å². The summed E-state index contributed by atoms with van der Waals surface area (Å²) in [6.45, 7) is 2.74. The number of nitriles is 1. The first-order valence-corrected chi connectivity index (χ1v) is 9.54. The van der Waals surface area contributed by atoms with E-state index in [1.807, 2.05) is 0 Å². The third-order valence-electron chi connectivity index (χ3n) is 4.87. The van der Waals surface area contributed by atoms with E-state index in [-0.39, 0.29) is 23.8 Å². The molecule has 2 heterocycles. The first-order chi connectivity index (χ1) is 13.3. The van der Waals surface area contributed by atoms with Crippen LogP contribution in [-0.2, 0) is 24.0 Å². The number of hydrogen-bond donors (Lipinski definition) is 1. The Morgan fingerprint density at radius 2 is 2.14 bits per heavy atom. The number of nitrogens with zero attached hydrogens (tertiary/aromatic N) is 2. The number of rotatable bonds is 6. The minimum absolute atomic E-state index is 0.120. The van der Waals surface area contributed by atoms with Gasteiger partial charge in [-0.2, -0.15) is 5.26 Å². The number of fused-ring (bicyclic) bond motifs is 1. The van der Waals surface area contributed by atoms with E-state index in [0.29, 0.717) is 12.2 Å². The molecule has 3 rings (SSSR count). The number of allylic oxidation sites excluding steroid dienone is 1. The summed E-state index contributed by atoms with van der Waals surface area (Å²) in [6.07, 6.45) is 0.755. The van der Waals surface area contributed by atoms with Crippen LogP contribution in [0.4, 0.5) is 4.39 Å². The molecular formula is C19H18FN3O4S. The van der Waals surface area contributed by atoms with Gasteiger partial charge in [-0.05, 0) is 24.1 Å². The molecule has 2 N–H and O–H groups in total. The zero-order chi connectivity index (χ0) is 20.5. The van der Waals surface area contributed by atoms with Crippen LogP contribution < -0.4 is 5.73 Å². The molecule has 2 saturated heterocycles. The second-order valence-electron chi connectivity index (χ2n) is 6.59. The van der Waals surface area contributed by atoms with Gasteiger partial charge in [0, 0.05) is 17.9 Å². The van der Waals surface area contributed by atoms with Crippen molar-refractivity contribution in [2.24, 2.45) is 11.7 Å². The summed E-state index contributed by atoms with van der Waals surface area (Å²) < 4.78 is 18.4. The Kier molecular flexibility index (Phi) is 5.42. The first kappa shape index (κ1) is 19.9. The summed E-state index contributed by atoms with van der Waals surface area (Å²) in [6, 6.07) is 6.69. The number of carbonyl (C=O) groups excluding carboxylic acids is 3. The topological polar surface area (TPSA) is 113 Å². The number of hydrogen-bond acceptors (Lipinski definition) is 7. The number of carbonyl (C=O) groups is 3. The quantitative estimate of drug-likeness (QED) is 0.715. The Bertz CT molecular complexity index is 882. The molecule has 0 radical (unpaired) electrons. The highest BCUT2D eigenvalue weighted by Crippen LogP contribution is 2.54. The van der Waals surface area contributed by atoms with Gasteiger partial charge in [-0.3, -0.25) is 9.59 Å². The van der Waals surface area contributed by atoms with Gasteiger partial charge in [0.15, 0.2) is 12.4 Å². The summed E-state index contributed by atoms with van der Waals surface area (Å²) >= 11 is 1.42. The highest BCUT2D eigenvalue weighted by Gasteiger charge is 2.57. The van der Waals surface area contributed by atoms with Crippen molar-refractivity contribution in [1.29, 1.82) is 5.26 Å². The number of esters is 1. The summed E-state index contributed by atoms with van der Waals surface area (Å²) in [7, 11) is 0.